The molecule has 0 heterocycles. The number of hydrogen-bond acceptors (Lipinski definition) is 2. The molecule has 0 radical (unpaired) electrons. The van der Waals surface area contributed by atoms with Crippen LogP contribution in [-0.4, -0.2) is 81.1 Å². The number of nitrogens with one attached hydrogen (secondary N) is 1. The van der Waals surface area contributed by atoms with E-state index in [-0.39, 0.29) is 26.9 Å². The van der Waals surface area contributed by atoms with E-state index in [1.807, 2.05) is 35.2 Å². The van der Waals surface area contributed by atoms with Gasteiger partial charge in [0.25, 0.3) is 5.91 Å². The molecule has 0 aromatic carbocycles. The molecule has 0 aliphatic heterocycles. The van der Waals surface area contributed by atoms with Gasteiger partial charge >= 0.3 is 0 Å². The maximum Gasteiger partial charge on any atom is 0.250 e. The van der Waals surface area contributed by atoms with Gasteiger partial charge in [0, 0.05) is 5.57 Å². The highest BCUT2D eigenvalue weighted by Gasteiger charge is 2.25. The van der Waals surface area contributed by atoms with E-state index in [4.69, 9.17) is 0 Å². The molecule has 0 saturated heterocycles. The Bertz CT molecular complexity index is 307. The lowest BCUT2D eigenvalue weighted by molar-refractivity contribution is -0.908. The van der Waals surface area contributed by atoms with Gasteiger partial charge in [0.1, 0.15) is 13.1 Å². The number of aliphatic hydroxyl groups is 1. The summed E-state index contributed by atoms with van der Waals surface area (Å²) in [4.78, 5) is 11.4. The number of nitrogens with zero attached hydrogens (tertiary/aromatic N) is 2. The number of carbonyl (C=O) groups is 1. The Balaban J connectivity index is -0.00000144. The van der Waals surface area contributed by atoms with Crippen LogP contribution < -0.4 is 5.32 Å². The van der Waals surface area contributed by atoms with Crippen LogP contribution in [0.2, 0.25) is 0 Å². The average molecular weight is 289 g/mol. The molecule has 1 unspecified atom stereocenters. The van der Waals surface area contributed by atoms with Crippen molar-refractivity contribution in [1.29, 1.82) is 0 Å². The van der Waals surface area contributed by atoms with Gasteiger partial charge in [-0.05, 0) is 6.92 Å². The van der Waals surface area contributed by atoms with E-state index in [0.29, 0.717) is 29.8 Å². The van der Waals surface area contributed by atoms with E-state index in [2.05, 4.69) is 11.9 Å². The Labute approximate surface area is 126 Å². The molecule has 1 amide bonds. The second-order valence-corrected chi connectivity index (χ2v) is 6.69. The molecular formula is C15H35N3O2. The van der Waals surface area contributed by atoms with E-state index >= 15 is 0 Å². The van der Waals surface area contributed by atoms with E-state index in [0.717, 1.165) is 4.48 Å². The van der Waals surface area contributed by atoms with Crippen LogP contribution >= 0.6 is 0 Å². The highest BCUT2D eigenvalue weighted by molar-refractivity contribution is 5.91. The van der Waals surface area contributed by atoms with Crippen molar-refractivity contribution < 1.29 is 18.9 Å². The van der Waals surface area contributed by atoms with Crippen molar-refractivity contribution in [2.75, 3.05) is 55.0 Å². The van der Waals surface area contributed by atoms with Gasteiger partial charge in [-0.2, -0.15) is 0 Å². The van der Waals surface area contributed by atoms with Gasteiger partial charge in [-0.1, -0.05) is 6.58 Å². The molecule has 2 N–H and O–H groups in total. The second kappa shape index (κ2) is 9.10. The van der Waals surface area contributed by atoms with Crippen LogP contribution in [-0.2, 0) is 4.79 Å². The highest BCUT2D eigenvalue weighted by Crippen LogP contribution is 2.02. The summed E-state index contributed by atoms with van der Waals surface area (Å²) in [5, 5.41) is 12.8. The molecule has 0 fully saturated rings. The fraction of sp³-hybridized carbons (Fsp3) is 0.667. The molecule has 5 nitrogen and oxygen atoms in total. The van der Waals surface area contributed by atoms with Gasteiger partial charge in [0.2, 0.25) is 0 Å². The monoisotopic (exact) mass is 289 g/mol. The molecule has 0 aromatic heterocycles. The van der Waals surface area contributed by atoms with Crippen LogP contribution in [0, 0.1) is 14.9 Å². The fourth-order valence-electron chi connectivity index (χ4n) is 1.76. The highest BCUT2D eigenvalue weighted by atomic mass is 16.3. The molecule has 1 atom stereocenters. The summed E-state index contributed by atoms with van der Waals surface area (Å²) in [6.07, 6.45) is -0.387. The molecule has 20 heavy (non-hydrogen) atoms. The topological polar surface area (TPSA) is 49.3 Å². The Morgan fingerprint density at radius 3 is 1.95 bits per heavy atom. The zero-order valence-corrected chi connectivity index (χ0v) is 14.7. The maximum absolute atomic E-state index is 11.4. The Hall–Kier alpha value is -0.910. The van der Waals surface area contributed by atoms with E-state index in [9.17, 15) is 9.90 Å². The minimum atomic E-state index is -0.387. The summed E-state index contributed by atoms with van der Waals surface area (Å²) >= 11 is 0. The summed E-state index contributed by atoms with van der Waals surface area (Å²) in [6, 6.07) is 0. The van der Waals surface area contributed by atoms with Crippen LogP contribution in [0.5, 0.6) is 0 Å². The van der Waals surface area contributed by atoms with Crippen molar-refractivity contribution in [3.8, 4) is 0 Å². The number of carbonyl (C=O) groups excluding carboxylic acids is 1. The molecule has 122 valence electrons. The van der Waals surface area contributed by atoms with Crippen LogP contribution in [0.15, 0.2) is 12.2 Å². The van der Waals surface area contributed by atoms with Gasteiger partial charge in [-0.25, -0.2) is 0 Å². The van der Waals surface area contributed by atoms with Gasteiger partial charge in [0.15, 0.2) is 12.8 Å². The number of aliphatic hydroxyl groups excluding tert-OH is 1. The molecule has 0 aromatic rings. The van der Waals surface area contributed by atoms with Gasteiger partial charge in [0.05, 0.1) is 35.2 Å². The molecule has 0 aliphatic carbocycles. The van der Waals surface area contributed by atoms with E-state index < -0.39 is 0 Å². The van der Waals surface area contributed by atoms with Crippen molar-refractivity contribution >= 4 is 5.91 Å². The summed E-state index contributed by atoms with van der Waals surface area (Å²) in [7, 11) is 10.1. The van der Waals surface area contributed by atoms with Crippen molar-refractivity contribution in [3.05, 3.63) is 27.0 Å². The van der Waals surface area contributed by atoms with Crippen LogP contribution in [0.4, 0.5) is 0 Å². The summed E-state index contributed by atoms with van der Waals surface area (Å²) in [5.41, 5.74) is 0.502. The fourth-order valence-corrected chi connectivity index (χ4v) is 1.76. The first-order valence-electron chi connectivity index (χ1n) is 6.17. The Morgan fingerprint density at radius 1 is 1.15 bits per heavy atom. The Morgan fingerprint density at radius 2 is 1.60 bits per heavy atom. The standard InChI is InChI=1S/C13H28N3O2.2CH3/c1-11(2)13(18)14-10-16(6,7)9-12(17)8-15(3,4)5;;/h12,17H,1,8-10H2,2-7H3;2*1H3/q+1;2*-1/p+1. The largest absolute Gasteiger partial charge is 0.382 e. The van der Waals surface area contributed by atoms with Crippen molar-refractivity contribution in [1.82, 2.24) is 5.32 Å². The minimum Gasteiger partial charge on any atom is -0.382 e. The van der Waals surface area contributed by atoms with Crippen LogP contribution in [0.3, 0.4) is 0 Å². The van der Waals surface area contributed by atoms with Crippen molar-refractivity contribution in [3.63, 3.8) is 0 Å². The lowest BCUT2D eigenvalue weighted by Crippen LogP contribution is -2.55. The normalized spacial score (nSPS) is 12.8. The zero-order chi connectivity index (χ0) is 14.6. The zero-order valence-electron chi connectivity index (χ0n) is 14.7. The van der Waals surface area contributed by atoms with Crippen molar-refractivity contribution in [2.45, 2.75) is 13.0 Å². The quantitative estimate of drug-likeness (QED) is 0.313. The molecule has 0 spiro atoms. The summed E-state index contributed by atoms with van der Waals surface area (Å²) in [6.45, 7) is 7.06. The predicted octanol–water partition coefficient (Wildman–Crippen LogP) is 0.680. The number of hydrogen-bond donors (Lipinski definition) is 2. The predicted molar refractivity (Wildman–Crippen MR) is 86.5 cm³/mol. The second-order valence-electron chi connectivity index (χ2n) is 6.69. The molecule has 0 bridgehead atoms. The molecular weight excluding hydrogens is 254 g/mol. The SMILES string of the molecule is C=C(C)C(=O)NC[N+](C)(C)CC(O)C[N+](C)(C)C.[CH3-].[CH3-]. The average Bonchev–Trinajstić information content (AvgIpc) is 2.09. The van der Waals surface area contributed by atoms with E-state index in [1.54, 1.807) is 6.92 Å². The third-order valence-electron chi connectivity index (χ3n) is 2.52. The van der Waals surface area contributed by atoms with Crippen LogP contribution in [0.25, 0.3) is 0 Å². The lowest BCUT2D eigenvalue weighted by atomic mass is 10.2. The number of rotatable bonds is 7. The third kappa shape index (κ3) is 12.1. The molecule has 0 rings (SSSR count). The number of amides is 1. The first-order valence-corrected chi connectivity index (χ1v) is 6.17. The van der Waals surface area contributed by atoms with Gasteiger partial charge in [-0.15, -0.1) is 0 Å². The van der Waals surface area contributed by atoms with Gasteiger partial charge in [-0.3, -0.25) is 4.79 Å². The van der Waals surface area contributed by atoms with Crippen LogP contribution in [0.1, 0.15) is 6.92 Å². The summed E-state index contributed by atoms with van der Waals surface area (Å²) < 4.78 is 1.26. The molecule has 0 saturated carbocycles. The minimum absolute atomic E-state index is 0. The maximum atomic E-state index is 11.4. The lowest BCUT2D eigenvalue weighted by Gasteiger charge is -2.34. The number of quaternary nitrogens is 2. The first-order chi connectivity index (χ1) is 7.93. The van der Waals surface area contributed by atoms with Crippen molar-refractivity contribution in [2.24, 2.45) is 0 Å². The summed E-state index contributed by atoms with van der Waals surface area (Å²) in [5.74, 6) is -0.137. The molecule has 0 aliphatic rings. The van der Waals surface area contributed by atoms with Gasteiger partial charge < -0.3 is 34.2 Å². The smallest absolute Gasteiger partial charge is 0.250 e. The molecule has 5 heteroatoms. The van der Waals surface area contributed by atoms with E-state index in [1.165, 1.54) is 0 Å². The number of likely N-dealkylation sites (N-methyl/N-ethyl adjacent to an activating group) is 2. The Kier molecular flexibility index (Phi) is 11.0. The first kappa shape index (κ1) is 24.1. The third-order valence-corrected chi connectivity index (χ3v) is 2.52.